The van der Waals surface area contributed by atoms with Crippen LogP contribution in [0.4, 0.5) is 17.3 Å². The highest BCUT2D eigenvalue weighted by atomic mass is 35.5. The van der Waals surface area contributed by atoms with E-state index in [-0.39, 0.29) is 0 Å². The summed E-state index contributed by atoms with van der Waals surface area (Å²) in [7, 11) is 1.70. The van der Waals surface area contributed by atoms with Crippen molar-refractivity contribution in [3.05, 3.63) is 40.7 Å². The molecule has 22 heavy (non-hydrogen) atoms. The molecule has 6 heteroatoms. The molecule has 0 bridgehead atoms. The lowest BCUT2D eigenvalue weighted by atomic mass is 10.2. The largest absolute Gasteiger partial charge is 0.385 e. The molecule has 0 atom stereocenters. The highest BCUT2D eigenvalue weighted by Gasteiger charge is 2.04. The van der Waals surface area contributed by atoms with E-state index in [0.29, 0.717) is 5.82 Å². The van der Waals surface area contributed by atoms with Gasteiger partial charge in [0, 0.05) is 37.0 Å². The lowest BCUT2D eigenvalue weighted by Crippen LogP contribution is -2.08. The molecule has 1 aromatic carbocycles. The van der Waals surface area contributed by atoms with E-state index < -0.39 is 0 Å². The zero-order valence-electron chi connectivity index (χ0n) is 13.1. The first-order valence-electron chi connectivity index (χ1n) is 7.20. The van der Waals surface area contributed by atoms with Gasteiger partial charge in [-0.2, -0.15) is 0 Å². The molecule has 0 radical (unpaired) electrons. The van der Waals surface area contributed by atoms with Gasteiger partial charge in [0.15, 0.2) is 0 Å². The summed E-state index contributed by atoms with van der Waals surface area (Å²) >= 11 is 5.98. The van der Waals surface area contributed by atoms with Crippen molar-refractivity contribution in [3.63, 3.8) is 0 Å². The Morgan fingerprint density at radius 2 is 1.91 bits per heavy atom. The number of aryl methyl sites for hydroxylation is 2. The van der Waals surface area contributed by atoms with E-state index in [4.69, 9.17) is 16.3 Å². The standard InChI is InChI=1S/C16H21ClN4O/c1-11-9-13(17)5-6-14(11)21-16-10-15(19-12(2)20-16)18-7-4-8-22-3/h5-6,9-10H,4,7-8H2,1-3H3,(H2,18,19,20,21). The molecule has 2 aromatic rings. The average Bonchev–Trinajstić information content (AvgIpc) is 2.46. The van der Waals surface area contributed by atoms with Crippen molar-refractivity contribution in [1.29, 1.82) is 0 Å². The Bertz CT molecular complexity index is 634. The van der Waals surface area contributed by atoms with Gasteiger partial charge >= 0.3 is 0 Å². The highest BCUT2D eigenvalue weighted by molar-refractivity contribution is 6.30. The Labute approximate surface area is 136 Å². The van der Waals surface area contributed by atoms with E-state index in [1.165, 1.54) is 0 Å². The fourth-order valence-corrected chi connectivity index (χ4v) is 2.29. The van der Waals surface area contributed by atoms with Crippen molar-refractivity contribution in [2.75, 3.05) is 30.9 Å². The van der Waals surface area contributed by atoms with Gasteiger partial charge in [-0.3, -0.25) is 0 Å². The van der Waals surface area contributed by atoms with Gasteiger partial charge in [-0.05, 0) is 44.0 Å². The van der Waals surface area contributed by atoms with Gasteiger partial charge in [-0.25, -0.2) is 9.97 Å². The lowest BCUT2D eigenvalue weighted by molar-refractivity contribution is 0.198. The number of rotatable bonds is 7. The van der Waals surface area contributed by atoms with Crippen LogP contribution in [0.2, 0.25) is 5.02 Å². The Kier molecular flexibility index (Phi) is 5.98. The molecule has 0 spiro atoms. The number of halogens is 1. The number of benzene rings is 1. The Morgan fingerprint density at radius 1 is 1.14 bits per heavy atom. The lowest BCUT2D eigenvalue weighted by Gasteiger charge is -2.12. The molecule has 2 N–H and O–H groups in total. The molecule has 1 heterocycles. The van der Waals surface area contributed by atoms with Gasteiger partial charge in [0.25, 0.3) is 0 Å². The van der Waals surface area contributed by atoms with Gasteiger partial charge in [0.2, 0.25) is 0 Å². The molecule has 0 aliphatic rings. The van der Waals surface area contributed by atoms with Gasteiger partial charge < -0.3 is 15.4 Å². The number of methoxy groups -OCH3 is 1. The molecule has 0 amide bonds. The fraction of sp³-hybridized carbons (Fsp3) is 0.375. The molecular weight excluding hydrogens is 300 g/mol. The summed E-state index contributed by atoms with van der Waals surface area (Å²) in [6, 6.07) is 7.62. The molecule has 2 rings (SSSR count). The van der Waals surface area contributed by atoms with Crippen LogP contribution < -0.4 is 10.6 Å². The number of hydrogen-bond donors (Lipinski definition) is 2. The summed E-state index contributed by atoms with van der Waals surface area (Å²) in [6.45, 7) is 5.42. The number of aromatic nitrogens is 2. The highest BCUT2D eigenvalue weighted by Crippen LogP contribution is 2.23. The van der Waals surface area contributed by atoms with E-state index in [2.05, 4.69) is 20.6 Å². The Balaban J connectivity index is 2.08. The van der Waals surface area contributed by atoms with Gasteiger partial charge in [0.1, 0.15) is 17.5 Å². The molecule has 118 valence electrons. The van der Waals surface area contributed by atoms with Gasteiger partial charge in [-0.1, -0.05) is 11.6 Å². The molecule has 0 aliphatic heterocycles. The third-order valence-corrected chi connectivity index (χ3v) is 3.36. The van der Waals surface area contributed by atoms with Crippen molar-refractivity contribution in [1.82, 2.24) is 9.97 Å². The van der Waals surface area contributed by atoms with E-state index in [0.717, 1.165) is 47.5 Å². The second kappa shape index (κ2) is 7.96. The van der Waals surface area contributed by atoms with E-state index in [1.807, 2.05) is 38.1 Å². The number of nitrogens with zero attached hydrogens (tertiary/aromatic N) is 2. The van der Waals surface area contributed by atoms with Crippen LogP contribution in [0.5, 0.6) is 0 Å². The molecule has 0 saturated heterocycles. The van der Waals surface area contributed by atoms with E-state index >= 15 is 0 Å². The summed E-state index contributed by atoms with van der Waals surface area (Å²) in [4.78, 5) is 8.80. The van der Waals surface area contributed by atoms with Crippen LogP contribution in [0.15, 0.2) is 24.3 Å². The van der Waals surface area contributed by atoms with Crippen molar-refractivity contribution in [2.24, 2.45) is 0 Å². The maximum absolute atomic E-state index is 5.98. The topological polar surface area (TPSA) is 59.1 Å². The first-order valence-corrected chi connectivity index (χ1v) is 7.58. The van der Waals surface area contributed by atoms with Crippen LogP contribution in [-0.2, 0) is 4.74 Å². The molecule has 1 aromatic heterocycles. The van der Waals surface area contributed by atoms with Crippen LogP contribution >= 0.6 is 11.6 Å². The zero-order chi connectivity index (χ0) is 15.9. The molecule has 0 saturated carbocycles. The van der Waals surface area contributed by atoms with E-state index in [9.17, 15) is 0 Å². The zero-order valence-corrected chi connectivity index (χ0v) is 13.9. The predicted molar refractivity (Wildman–Crippen MR) is 91.2 cm³/mol. The molecular formula is C16H21ClN4O. The normalized spacial score (nSPS) is 10.5. The van der Waals surface area contributed by atoms with Gasteiger partial charge in [0.05, 0.1) is 0 Å². The summed E-state index contributed by atoms with van der Waals surface area (Å²) < 4.78 is 5.03. The van der Waals surface area contributed by atoms with Crippen molar-refractivity contribution in [2.45, 2.75) is 20.3 Å². The average molecular weight is 321 g/mol. The summed E-state index contributed by atoms with van der Waals surface area (Å²) in [5.41, 5.74) is 2.05. The van der Waals surface area contributed by atoms with Crippen LogP contribution in [0.1, 0.15) is 17.8 Å². The minimum absolute atomic E-state index is 0.714. The smallest absolute Gasteiger partial charge is 0.136 e. The van der Waals surface area contributed by atoms with Crippen molar-refractivity contribution < 1.29 is 4.74 Å². The number of ether oxygens (including phenoxy) is 1. The van der Waals surface area contributed by atoms with Crippen LogP contribution in [0.25, 0.3) is 0 Å². The minimum Gasteiger partial charge on any atom is -0.385 e. The number of nitrogens with one attached hydrogen (secondary N) is 2. The number of hydrogen-bond acceptors (Lipinski definition) is 5. The maximum Gasteiger partial charge on any atom is 0.136 e. The molecule has 5 nitrogen and oxygen atoms in total. The Morgan fingerprint density at radius 3 is 2.64 bits per heavy atom. The van der Waals surface area contributed by atoms with E-state index in [1.54, 1.807) is 7.11 Å². The van der Waals surface area contributed by atoms with Crippen molar-refractivity contribution in [3.8, 4) is 0 Å². The van der Waals surface area contributed by atoms with Gasteiger partial charge in [-0.15, -0.1) is 0 Å². The Hall–Kier alpha value is -1.85. The summed E-state index contributed by atoms with van der Waals surface area (Å²) in [5.74, 6) is 2.27. The quantitative estimate of drug-likeness (QED) is 0.757. The fourth-order valence-electron chi connectivity index (χ4n) is 2.06. The first-order chi connectivity index (χ1) is 10.6. The second-order valence-corrected chi connectivity index (χ2v) is 5.48. The van der Waals surface area contributed by atoms with Crippen LogP contribution in [0.3, 0.4) is 0 Å². The molecule has 0 aliphatic carbocycles. The second-order valence-electron chi connectivity index (χ2n) is 5.04. The van der Waals surface area contributed by atoms with Crippen LogP contribution in [0, 0.1) is 13.8 Å². The van der Waals surface area contributed by atoms with Crippen LogP contribution in [-0.4, -0.2) is 30.2 Å². The summed E-state index contributed by atoms with van der Waals surface area (Å²) in [5, 5.41) is 7.31. The van der Waals surface area contributed by atoms with Crippen molar-refractivity contribution >= 4 is 28.9 Å². The predicted octanol–water partition coefficient (Wildman–Crippen LogP) is 3.94. The SMILES string of the molecule is COCCCNc1cc(Nc2ccc(Cl)cc2C)nc(C)n1. The maximum atomic E-state index is 5.98. The third-order valence-electron chi connectivity index (χ3n) is 3.12. The first kappa shape index (κ1) is 16.5. The molecule has 0 unspecified atom stereocenters. The summed E-state index contributed by atoms with van der Waals surface area (Å²) in [6.07, 6.45) is 0.929. The number of anilines is 3. The minimum atomic E-state index is 0.714. The molecule has 0 fully saturated rings. The monoisotopic (exact) mass is 320 g/mol. The third kappa shape index (κ3) is 4.86.